The highest BCUT2D eigenvalue weighted by Gasteiger charge is 2.49. The second-order valence-corrected chi connectivity index (χ2v) is 18.1. The van der Waals surface area contributed by atoms with Crippen molar-refractivity contribution in [2.75, 3.05) is 19.6 Å². The standard InChI is InChI=1S/C49H57N9O6/c50-21-18-38-46(62)57-22-10-17-41(57)47(63)58-29-31(23-30-11-2-1-3-12-30)24-42(58)45(61)54-40(26-33-28-52-37-16-7-5-14-35(33)37)44(60)56-49(19-8-9-20-49)48(64)55-39(43(59)53-38)25-32-27-51-36-15-6-4-13-34(32)36/h1-7,11-16,27-28,31,38-42,51-52H,8-10,17-26,29,50H2,(H,53,59)(H,54,61)(H,55,64)(H,56,60)/t31-,38-,39-,40-,41+,42+/m0/s1. The molecule has 1 aliphatic carbocycles. The van der Waals surface area contributed by atoms with Crippen LogP contribution < -0.4 is 27.0 Å². The third kappa shape index (κ3) is 8.60. The van der Waals surface area contributed by atoms with E-state index in [1.54, 1.807) is 11.1 Å². The van der Waals surface area contributed by atoms with E-state index in [0.29, 0.717) is 51.4 Å². The molecule has 4 aliphatic rings. The van der Waals surface area contributed by atoms with E-state index in [0.717, 1.165) is 38.5 Å². The molecule has 4 fully saturated rings. The number of carbonyl (C=O) groups is 6. The maximum absolute atomic E-state index is 14.9. The van der Waals surface area contributed by atoms with E-state index in [4.69, 9.17) is 5.73 Å². The minimum atomic E-state index is -1.39. The molecule has 1 saturated carbocycles. The molecule has 15 nitrogen and oxygen atoms in total. The molecule has 64 heavy (non-hydrogen) atoms. The molecule has 6 atom stereocenters. The van der Waals surface area contributed by atoms with Gasteiger partial charge in [-0.3, -0.25) is 28.8 Å². The maximum Gasteiger partial charge on any atom is 0.246 e. The van der Waals surface area contributed by atoms with Crippen LogP contribution in [-0.2, 0) is 48.0 Å². The van der Waals surface area contributed by atoms with Gasteiger partial charge in [-0.25, -0.2) is 0 Å². The average Bonchev–Trinajstić information content (AvgIpc) is 4.17. The molecule has 0 unspecified atom stereocenters. The second kappa shape index (κ2) is 18.3. The molecule has 2 aromatic heterocycles. The molecule has 0 radical (unpaired) electrons. The van der Waals surface area contributed by atoms with Crippen LogP contribution in [0.4, 0.5) is 0 Å². The number of amides is 6. The van der Waals surface area contributed by atoms with E-state index < -0.39 is 65.3 Å². The van der Waals surface area contributed by atoms with Crippen molar-refractivity contribution in [3.05, 3.63) is 108 Å². The zero-order chi connectivity index (χ0) is 44.4. The van der Waals surface area contributed by atoms with Gasteiger partial charge in [0.1, 0.15) is 35.7 Å². The highest BCUT2D eigenvalue weighted by molar-refractivity contribution is 6.00. The van der Waals surface area contributed by atoms with Crippen LogP contribution in [0.3, 0.4) is 0 Å². The molecular weight excluding hydrogens is 811 g/mol. The van der Waals surface area contributed by atoms with Crippen LogP contribution in [0.25, 0.3) is 21.8 Å². The predicted molar refractivity (Wildman–Crippen MR) is 241 cm³/mol. The highest BCUT2D eigenvalue weighted by Crippen LogP contribution is 2.33. The van der Waals surface area contributed by atoms with Gasteiger partial charge in [-0.2, -0.15) is 0 Å². The van der Waals surface area contributed by atoms with Crippen molar-refractivity contribution in [2.45, 2.75) is 106 Å². The summed E-state index contributed by atoms with van der Waals surface area (Å²) in [7, 11) is 0. The first kappa shape index (κ1) is 42.8. The summed E-state index contributed by atoms with van der Waals surface area (Å²) in [6.07, 6.45) is 7.77. The first-order valence-electron chi connectivity index (χ1n) is 22.8. The average molecular weight is 868 g/mol. The summed E-state index contributed by atoms with van der Waals surface area (Å²) in [6.45, 7) is 0.646. The molecule has 3 aromatic carbocycles. The SMILES string of the molecule is NCC[C@@H]1NC(=O)[C@H](Cc2c[nH]c3ccccc23)NC(=O)C2(CCCC2)NC(=O)[C@H](Cc2c[nH]c3ccccc23)NC(=O)[C@H]2C[C@H](Cc3ccccc3)CN2C(=O)[C@H]2CCCN2C1=O. The molecule has 5 aromatic rings. The lowest BCUT2D eigenvalue weighted by Crippen LogP contribution is -2.65. The van der Waals surface area contributed by atoms with Gasteiger partial charge in [0.05, 0.1) is 0 Å². The summed E-state index contributed by atoms with van der Waals surface area (Å²) in [6, 6.07) is 20.1. The van der Waals surface area contributed by atoms with Crippen LogP contribution in [0, 0.1) is 5.92 Å². The van der Waals surface area contributed by atoms with Gasteiger partial charge in [0.2, 0.25) is 35.4 Å². The number of hydrogen-bond donors (Lipinski definition) is 7. The summed E-state index contributed by atoms with van der Waals surface area (Å²) in [4.78, 5) is 98.4. The third-order valence-corrected chi connectivity index (χ3v) is 13.9. The molecule has 0 bridgehead atoms. The molecule has 15 heteroatoms. The van der Waals surface area contributed by atoms with E-state index in [1.807, 2.05) is 85.1 Å². The van der Waals surface area contributed by atoms with Crippen molar-refractivity contribution in [1.29, 1.82) is 0 Å². The van der Waals surface area contributed by atoms with Crippen molar-refractivity contribution >= 4 is 57.2 Å². The number of rotatable bonds is 8. The lowest BCUT2D eigenvalue weighted by atomic mass is 9.93. The zero-order valence-corrected chi connectivity index (χ0v) is 35.9. The van der Waals surface area contributed by atoms with Crippen LogP contribution in [0.1, 0.15) is 68.1 Å². The lowest BCUT2D eigenvalue weighted by molar-refractivity contribution is -0.148. The number of aromatic nitrogens is 2. The summed E-state index contributed by atoms with van der Waals surface area (Å²) >= 11 is 0. The number of H-pyrrole nitrogens is 2. The Balaban J connectivity index is 1.10. The largest absolute Gasteiger partial charge is 0.361 e. The molecule has 334 valence electrons. The second-order valence-electron chi connectivity index (χ2n) is 18.1. The number of nitrogens with two attached hydrogens (primary N) is 1. The topological polar surface area (TPSA) is 215 Å². The molecule has 9 rings (SSSR count). The monoisotopic (exact) mass is 867 g/mol. The molecular formula is C49H57N9O6. The highest BCUT2D eigenvalue weighted by atomic mass is 16.2. The van der Waals surface area contributed by atoms with Gasteiger partial charge < -0.3 is 46.8 Å². The van der Waals surface area contributed by atoms with Gasteiger partial charge in [-0.1, -0.05) is 79.6 Å². The maximum atomic E-state index is 14.9. The van der Waals surface area contributed by atoms with E-state index >= 15 is 0 Å². The first-order chi connectivity index (χ1) is 31.1. The number of hydrogen-bond acceptors (Lipinski definition) is 7. The van der Waals surface area contributed by atoms with E-state index in [-0.39, 0.29) is 50.7 Å². The fourth-order valence-corrected chi connectivity index (χ4v) is 10.6. The van der Waals surface area contributed by atoms with Gasteiger partial charge in [0.15, 0.2) is 0 Å². The summed E-state index contributed by atoms with van der Waals surface area (Å²) in [5, 5.41) is 13.9. The minimum absolute atomic E-state index is 0.0764. The number of fused-ring (bicyclic) bond motifs is 4. The summed E-state index contributed by atoms with van der Waals surface area (Å²) in [5.74, 6) is -2.97. The van der Waals surface area contributed by atoms with Gasteiger partial charge in [-0.15, -0.1) is 0 Å². The van der Waals surface area contributed by atoms with Crippen LogP contribution >= 0.6 is 0 Å². The van der Waals surface area contributed by atoms with Gasteiger partial charge in [-0.05, 0) is 86.2 Å². The van der Waals surface area contributed by atoms with Crippen molar-refractivity contribution in [3.8, 4) is 0 Å². The van der Waals surface area contributed by atoms with Crippen LogP contribution in [-0.4, -0.2) is 111 Å². The van der Waals surface area contributed by atoms with Gasteiger partial charge >= 0.3 is 0 Å². The quantitative estimate of drug-likeness (QED) is 0.124. The van der Waals surface area contributed by atoms with Crippen molar-refractivity contribution in [3.63, 3.8) is 0 Å². The van der Waals surface area contributed by atoms with Crippen LogP contribution in [0.15, 0.2) is 91.3 Å². The van der Waals surface area contributed by atoms with E-state index in [1.165, 1.54) is 4.90 Å². The molecule has 3 aliphatic heterocycles. The van der Waals surface area contributed by atoms with Crippen molar-refractivity contribution in [2.24, 2.45) is 11.7 Å². The smallest absolute Gasteiger partial charge is 0.246 e. The minimum Gasteiger partial charge on any atom is -0.361 e. The van der Waals surface area contributed by atoms with Crippen molar-refractivity contribution < 1.29 is 28.8 Å². The number of aromatic amines is 2. The number of nitrogens with zero attached hydrogens (tertiary/aromatic N) is 2. The first-order valence-corrected chi connectivity index (χ1v) is 22.8. The Kier molecular flexibility index (Phi) is 12.3. The Bertz CT molecular complexity index is 2550. The van der Waals surface area contributed by atoms with E-state index in [2.05, 4.69) is 31.2 Å². The predicted octanol–water partition coefficient (Wildman–Crippen LogP) is 3.13. The Hall–Kier alpha value is -6.48. The molecule has 6 amide bonds. The number of carbonyl (C=O) groups excluding carboxylic acids is 6. The Morgan fingerprint density at radius 3 is 1.88 bits per heavy atom. The summed E-state index contributed by atoms with van der Waals surface area (Å²) in [5.41, 5.74) is 9.06. The van der Waals surface area contributed by atoms with Crippen molar-refractivity contribution in [1.82, 2.24) is 41.0 Å². The molecule has 3 saturated heterocycles. The van der Waals surface area contributed by atoms with Gasteiger partial charge in [0.25, 0.3) is 0 Å². The lowest BCUT2D eigenvalue weighted by Gasteiger charge is -2.35. The molecule has 8 N–H and O–H groups in total. The summed E-state index contributed by atoms with van der Waals surface area (Å²) < 4.78 is 0. The fraction of sp³-hybridized carbons (Fsp3) is 0.429. The van der Waals surface area contributed by atoms with Crippen LogP contribution in [0.5, 0.6) is 0 Å². The van der Waals surface area contributed by atoms with E-state index in [9.17, 15) is 28.8 Å². The van der Waals surface area contributed by atoms with Crippen LogP contribution in [0.2, 0.25) is 0 Å². The number of nitrogens with one attached hydrogen (secondary N) is 6. The number of benzene rings is 3. The zero-order valence-electron chi connectivity index (χ0n) is 35.9. The Labute approximate surface area is 371 Å². The third-order valence-electron chi connectivity index (χ3n) is 13.9. The normalized spacial score (nSPS) is 25.8. The molecule has 5 heterocycles. The Morgan fingerprint density at radius 2 is 1.22 bits per heavy atom. The van der Waals surface area contributed by atoms with Gasteiger partial charge in [0, 0.05) is 60.1 Å². The molecule has 1 spiro atoms. The Morgan fingerprint density at radius 1 is 0.609 bits per heavy atom. The fourth-order valence-electron chi connectivity index (χ4n) is 10.6. The number of para-hydroxylation sites is 2.